The van der Waals surface area contributed by atoms with Gasteiger partial charge in [0.05, 0.1) is 23.9 Å². The minimum atomic E-state index is -0.155. The van der Waals surface area contributed by atoms with Gasteiger partial charge in [-0.15, -0.1) is 0 Å². The number of aromatic hydroxyl groups is 1. The molecule has 0 saturated carbocycles. The minimum Gasteiger partial charge on any atom is -0.504 e. The lowest BCUT2D eigenvalue weighted by molar-refractivity contribution is 0.104. The van der Waals surface area contributed by atoms with E-state index in [9.17, 15) is 15.2 Å². The summed E-state index contributed by atoms with van der Waals surface area (Å²) < 4.78 is 5.16. The molecule has 0 aliphatic heterocycles. The van der Waals surface area contributed by atoms with Crippen LogP contribution in [0.5, 0.6) is 11.5 Å². The molecule has 120 valence electrons. The van der Waals surface area contributed by atoms with Crippen LogP contribution >= 0.6 is 0 Å². The fourth-order valence-electron chi connectivity index (χ4n) is 3.18. The highest BCUT2D eigenvalue weighted by molar-refractivity contribution is 6.24. The van der Waals surface area contributed by atoms with Crippen molar-refractivity contribution in [2.45, 2.75) is 0 Å². The summed E-state index contributed by atoms with van der Waals surface area (Å²) in [6, 6.07) is 14.1. The fraction of sp³-hybridized carbons (Fsp3) is 0.0500. The molecule has 1 aliphatic carbocycles. The number of methoxy groups -OCH3 is 1. The van der Waals surface area contributed by atoms with E-state index in [0.717, 1.165) is 5.56 Å². The van der Waals surface area contributed by atoms with Crippen molar-refractivity contribution < 1.29 is 14.6 Å². The van der Waals surface area contributed by atoms with Gasteiger partial charge in [0.25, 0.3) is 0 Å². The van der Waals surface area contributed by atoms with E-state index in [0.29, 0.717) is 33.5 Å². The number of rotatable bonds is 2. The van der Waals surface area contributed by atoms with Crippen LogP contribution in [0.4, 0.5) is 0 Å². The van der Waals surface area contributed by atoms with Gasteiger partial charge in [-0.2, -0.15) is 5.26 Å². The summed E-state index contributed by atoms with van der Waals surface area (Å²) in [7, 11) is 1.45. The van der Waals surface area contributed by atoms with Gasteiger partial charge in [-0.1, -0.05) is 30.3 Å². The molecule has 3 aromatic rings. The van der Waals surface area contributed by atoms with Crippen LogP contribution in [-0.4, -0.2) is 23.0 Å². The molecule has 1 N–H and O–H groups in total. The molecule has 0 saturated heterocycles. The molecule has 1 aliphatic rings. The number of hydrogen-bond donors (Lipinski definition) is 1. The highest BCUT2D eigenvalue weighted by Gasteiger charge is 2.32. The van der Waals surface area contributed by atoms with Gasteiger partial charge in [0.15, 0.2) is 17.3 Å². The number of ether oxygens (including phenoxy) is 1. The number of nitriles is 1. The number of phenols is 1. The Labute approximate surface area is 143 Å². The molecule has 0 spiro atoms. The number of hydrogen-bond acceptors (Lipinski definition) is 5. The van der Waals surface area contributed by atoms with E-state index in [4.69, 9.17) is 4.74 Å². The Morgan fingerprint density at radius 2 is 1.88 bits per heavy atom. The molecule has 5 heteroatoms. The average Bonchev–Trinajstić information content (AvgIpc) is 2.94. The quantitative estimate of drug-likeness (QED) is 0.608. The van der Waals surface area contributed by atoms with Crippen molar-refractivity contribution >= 4 is 5.78 Å². The maximum Gasteiger partial charge on any atom is 0.196 e. The van der Waals surface area contributed by atoms with Crippen LogP contribution in [0.25, 0.3) is 22.4 Å². The minimum absolute atomic E-state index is 0.00919. The van der Waals surface area contributed by atoms with Gasteiger partial charge in [-0.25, -0.2) is 0 Å². The Kier molecular flexibility index (Phi) is 3.26. The number of carbonyl (C=O) groups is 1. The number of nitrogens with zero attached hydrogens (tertiary/aromatic N) is 2. The Bertz CT molecular complexity index is 1080. The van der Waals surface area contributed by atoms with E-state index in [1.807, 2.05) is 12.1 Å². The summed E-state index contributed by atoms with van der Waals surface area (Å²) in [4.78, 5) is 17.3. The van der Waals surface area contributed by atoms with E-state index in [1.165, 1.54) is 19.4 Å². The largest absolute Gasteiger partial charge is 0.504 e. The molecule has 0 radical (unpaired) electrons. The van der Waals surface area contributed by atoms with Crippen LogP contribution < -0.4 is 4.74 Å². The van der Waals surface area contributed by atoms with Crippen LogP contribution in [0, 0.1) is 11.3 Å². The Balaban J connectivity index is 2.05. The summed E-state index contributed by atoms with van der Waals surface area (Å²) in [6.07, 6.45) is 1.48. The second kappa shape index (κ2) is 5.46. The summed E-state index contributed by atoms with van der Waals surface area (Å²) in [5.74, 6) is 0.109. The predicted molar refractivity (Wildman–Crippen MR) is 91.5 cm³/mol. The van der Waals surface area contributed by atoms with Crippen LogP contribution in [-0.2, 0) is 0 Å². The number of ketones is 1. The van der Waals surface area contributed by atoms with Crippen molar-refractivity contribution in [3.63, 3.8) is 0 Å². The zero-order valence-corrected chi connectivity index (χ0v) is 13.3. The second-order valence-corrected chi connectivity index (χ2v) is 5.64. The third kappa shape index (κ3) is 2.08. The SMILES string of the molecule is COc1cc(-c2c(C#N)cnc3c2C(=O)c2ccccc2-3)ccc1O. The number of carbonyl (C=O) groups excluding carboxylic acids is 1. The lowest BCUT2D eigenvalue weighted by atomic mass is 9.94. The Morgan fingerprint density at radius 3 is 2.60 bits per heavy atom. The van der Waals surface area contributed by atoms with E-state index >= 15 is 0 Å². The van der Waals surface area contributed by atoms with E-state index < -0.39 is 0 Å². The molecule has 0 atom stereocenters. The van der Waals surface area contributed by atoms with Crippen LogP contribution in [0.1, 0.15) is 21.5 Å². The molecule has 1 heterocycles. The first-order valence-corrected chi connectivity index (χ1v) is 7.60. The number of benzene rings is 2. The topological polar surface area (TPSA) is 83.2 Å². The normalized spacial score (nSPS) is 11.6. The highest BCUT2D eigenvalue weighted by Crippen LogP contribution is 2.43. The summed E-state index contributed by atoms with van der Waals surface area (Å²) in [6.45, 7) is 0. The molecule has 5 nitrogen and oxygen atoms in total. The first-order valence-electron chi connectivity index (χ1n) is 7.60. The monoisotopic (exact) mass is 328 g/mol. The molecule has 0 bridgehead atoms. The molecular formula is C20H12N2O3. The van der Waals surface area contributed by atoms with Crippen molar-refractivity contribution in [3.05, 3.63) is 65.4 Å². The average molecular weight is 328 g/mol. The summed E-state index contributed by atoms with van der Waals surface area (Å²) >= 11 is 0. The molecule has 4 rings (SSSR count). The smallest absolute Gasteiger partial charge is 0.196 e. The number of phenolic OH excluding ortho intramolecular Hbond substituents is 1. The van der Waals surface area contributed by atoms with Crippen LogP contribution in [0.2, 0.25) is 0 Å². The van der Waals surface area contributed by atoms with Crippen molar-refractivity contribution in [2.24, 2.45) is 0 Å². The van der Waals surface area contributed by atoms with Crippen molar-refractivity contribution in [1.29, 1.82) is 5.26 Å². The summed E-state index contributed by atoms with van der Waals surface area (Å²) in [5, 5.41) is 19.3. The second-order valence-electron chi connectivity index (χ2n) is 5.64. The van der Waals surface area contributed by atoms with Gasteiger partial charge in [0, 0.05) is 22.9 Å². The van der Waals surface area contributed by atoms with E-state index in [2.05, 4.69) is 11.1 Å². The molecule has 0 amide bonds. The molecule has 2 aromatic carbocycles. The molecule has 1 aromatic heterocycles. The van der Waals surface area contributed by atoms with Crippen LogP contribution in [0.3, 0.4) is 0 Å². The van der Waals surface area contributed by atoms with Crippen molar-refractivity contribution in [1.82, 2.24) is 4.98 Å². The van der Waals surface area contributed by atoms with Gasteiger partial charge in [0.1, 0.15) is 6.07 Å². The zero-order chi connectivity index (χ0) is 17.6. The third-order valence-corrected chi connectivity index (χ3v) is 4.32. The highest BCUT2D eigenvalue weighted by atomic mass is 16.5. The van der Waals surface area contributed by atoms with Gasteiger partial charge in [-0.3, -0.25) is 9.78 Å². The van der Waals surface area contributed by atoms with Gasteiger partial charge in [0.2, 0.25) is 0 Å². The van der Waals surface area contributed by atoms with Gasteiger partial charge < -0.3 is 9.84 Å². The number of fused-ring (bicyclic) bond motifs is 3. The van der Waals surface area contributed by atoms with Crippen LogP contribution in [0.15, 0.2) is 48.7 Å². The Hall–Kier alpha value is -3.65. The van der Waals surface area contributed by atoms with E-state index in [-0.39, 0.29) is 17.3 Å². The lowest BCUT2D eigenvalue weighted by Gasteiger charge is -2.11. The van der Waals surface area contributed by atoms with Crippen molar-refractivity contribution in [2.75, 3.05) is 7.11 Å². The van der Waals surface area contributed by atoms with Gasteiger partial charge in [-0.05, 0) is 17.7 Å². The number of aromatic nitrogens is 1. The molecule has 0 unspecified atom stereocenters. The predicted octanol–water partition coefficient (Wildman–Crippen LogP) is 3.55. The third-order valence-electron chi connectivity index (χ3n) is 4.32. The standard InChI is InChI=1S/C20H12N2O3/c1-25-16-8-11(6-7-15(16)23)17-12(9-21)10-22-19-13-4-2-3-5-14(13)20(24)18(17)19/h2-8,10,23H,1H3. The van der Waals surface area contributed by atoms with E-state index in [1.54, 1.807) is 24.3 Å². The van der Waals surface area contributed by atoms with Crippen molar-refractivity contribution in [3.8, 4) is 40.0 Å². The Morgan fingerprint density at radius 1 is 1.12 bits per heavy atom. The summed E-state index contributed by atoms with van der Waals surface area (Å²) in [5.41, 5.74) is 3.74. The molecule has 0 fully saturated rings. The molecular weight excluding hydrogens is 316 g/mol. The van der Waals surface area contributed by atoms with Gasteiger partial charge >= 0.3 is 0 Å². The first kappa shape index (κ1) is 14.9. The molecule has 25 heavy (non-hydrogen) atoms. The number of pyridine rings is 1. The first-order chi connectivity index (χ1) is 12.2. The zero-order valence-electron chi connectivity index (χ0n) is 13.3. The lowest BCUT2D eigenvalue weighted by Crippen LogP contribution is -2.02. The fourth-order valence-corrected chi connectivity index (χ4v) is 3.18. The maximum absolute atomic E-state index is 12.9. The maximum atomic E-state index is 12.9.